The summed E-state index contributed by atoms with van der Waals surface area (Å²) in [7, 11) is 1.76. The molecular weight excluding hydrogens is 294 g/mol. The third-order valence-corrected chi connectivity index (χ3v) is 4.11. The van der Waals surface area contributed by atoms with E-state index in [1.165, 1.54) is 6.20 Å². The first-order valence-electron chi connectivity index (χ1n) is 7.83. The van der Waals surface area contributed by atoms with Gasteiger partial charge in [0, 0.05) is 13.2 Å². The van der Waals surface area contributed by atoms with Gasteiger partial charge in [-0.15, -0.1) is 0 Å². The molecule has 2 aromatic rings. The molecule has 1 fully saturated rings. The number of para-hydroxylation sites is 1. The van der Waals surface area contributed by atoms with E-state index in [-0.39, 0.29) is 18.1 Å². The van der Waals surface area contributed by atoms with E-state index in [9.17, 15) is 9.90 Å². The molecule has 0 saturated heterocycles. The molecule has 1 heterocycles. The van der Waals surface area contributed by atoms with Crippen LogP contribution >= 0.6 is 0 Å². The molecule has 1 saturated carbocycles. The molecule has 23 heavy (non-hydrogen) atoms. The lowest BCUT2D eigenvalue weighted by molar-refractivity contribution is -0.0140. The predicted octanol–water partition coefficient (Wildman–Crippen LogP) is 1.51. The van der Waals surface area contributed by atoms with Gasteiger partial charge in [0.25, 0.3) is 5.91 Å². The second kappa shape index (κ2) is 6.83. The zero-order chi connectivity index (χ0) is 16.2. The van der Waals surface area contributed by atoms with Crippen molar-refractivity contribution < 1.29 is 14.6 Å². The van der Waals surface area contributed by atoms with E-state index in [2.05, 4.69) is 10.4 Å². The van der Waals surface area contributed by atoms with Crippen LogP contribution in [-0.4, -0.2) is 39.0 Å². The lowest BCUT2D eigenvalue weighted by Gasteiger charge is -2.35. The standard InChI is InChI=1S/C17H21N3O3/c1-20-11-12(10-18-20)17(22)19-14-8-5-9-15(16(14)21)23-13-6-3-2-4-7-13/h2-4,6-7,10-11,14-16,21H,5,8-9H2,1H3,(H,19,22)/t14-,15-,16-/m1/s1. The van der Waals surface area contributed by atoms with Crippen LogP contribution in [0.3, 0.4) is 0 Å². The maximum absolute atomic E-state index is 12.2. The van der Waals surface area contributed by atoms with E-state index in [4.69, 9.17) is 4.74 Å². The van der Waals surface area contributed by atoms with Gasteiger partial charge in [-0.05, 0) is 31.4 Å². The average Bonchev–Trinajstić information content (AvgIpc) is 2.99. The van der Waals surface area contributed by atoms with Crippen LogP contribution in [0.4, 0.5) is 0 Å². The number of rotatable bonds is 4. The second-order valence-electron chi connectivity index (χ2n) is 5.87. The zero-order valence-corrected chi connectivity index (χ0v) is 13.1. The Bertz CT molecular complexity index is 656. The van der Waals surface area contributed by atoms with Gasteiger partial charge in [-0.1, -0.05) is 18.2 Å². The highest BCUT2D eigenvalue weighted by Gasteiger charge is 2.34. The molecule has 3 rings (SSSR count). The van der Waals surface area contributed by atoms with Gasteiger partial charge in [0.05, 0.1) is 17.8 Å². The smallest absolute Gasteiger partial charge is 0.254 e. The van der Waals surface area contributed by atoms with Crippen molar-refractivity contribution >= 4 is 5.91 Å². The number of aliphatic hydroxyl groups is 1. The van der Waals surface area contributed by atoms with E-state index in [1.54, 1.807) is 17.9 Å². The summed E-state index contributed by atoms with van der Waals surface area (Å²) in [5.41, 5.74) is 0.491. The van der Waals surface area contributed by atoms with E-state index in [0.29, 0.717) is 5.56 Å². The molecule has 1 aliphatic carbocycles. The Morgan fingerprint density at radius 1 is 1.35 bits per heavy atom. The Balaban J connectivity index is 1.63. The molecule has 6 nitrogen and oxygen atoms in total. The minimum atomic E-state index is -0.732. The Morgan fingerprint density at radius 2 is 2.13 bits per heavy atom. The van der Waals surface area contributed by atoms with Gasteiger partial charge in [-0.2, -0.15) is 5.10 Å². The molecule has 122 valence electrons. The van der Waals surface area contributed by atoms with Crippen LogP contribution in [0.5, 0.6) is 5.75 Å². The fourth-order valence-corrected chi connectivity index (χ4v) is 2.89. The highest BCUT2D eigenvalue weighted by atomic mass is 16.5. The number of ether oxygens (including phenoxy) is 1. The molecule has 2 N–H and O–H groups in total. The largest absolute Gasteiger partial charge is 0.488 e. The van der Waals surface area contributed by atoms with Gasteiger partial charge in [-0.3, -0.25) is 9.48 Å². The van der Waals surface area contributed by atoms with Crippen molar-refractivity contribution in [2.75, 3.05) is 0 Å². The van der Waals surface area contributed by atoms with Crippen molar-refractivity contribution in [1.82, 2.24) is 15.1 Å². The Morgan fingerprint density at radius 3 is 2.83 bits per heavy atom. The van der Waals surface area contributed by atoms with Crippen LogP contribution in [0, 0.1) is 0 Å². The normalized spacial score (nSPS) is 24.2. The molecule has 1 aliphatic rings. The number of aromatic nitrogens is 2. The molecule has 0 bridgehead atoms. The molecule has 0 aliphatic heterocycles. The average molecular weight is 315 g/mol. The highest BCUT2D eigenvalue weighted by molar-refractivity contribution is 5.93. The number of benzene rings is 1. The minimum absolute atomic E-state index is 0.220. The van der Waals surface area contributed by atoms with E-state index >= 15 is 0 Å². The highest BCUT2D eigenvalue weighted by Crippen LogP contribution is 2.24. The molecule has 1 amide bonds. The number of amides is 1. The van der Waals surface area contributed by atoms with Crippen LogP contribution in [0.2, 0.25) is 0 Å². The van der Waals surface area contributed by atoms with E-state index < -0.39 is 6.10 Å². The predicted molar refractivity (Wildman–Crippen MR) is 85.2 cm³/mol. The van der Waals surface area contributed by atoms with E-state index in [1.807, 2.05) is 30.3 Å². The van der Waals surface area contributed by atoms with Gasteiger partial charge >= 0.3 is 0 Å². The third kappa shape index (κ3) is 3.71. The SMILES string of the molecule is Cn1cc(C(=O)N[C@@H]2CCC[C@@H](Oc3ccccc3)[C@@H]2O)cn1. The van der Waals surface area contributed by atoms with Gasteiger partial charge in [0.15, 0.2) is 0 Å². The quantitative estimate of drug-likeness (QED) is 0.897. The zero-order valence-electron chi connectivity index (χ0n) is 13.1. The molecule has 1 aromatic heterocycles. The summed E-state index contributed by atoms with van der Waals surface area (Å²) in [4.78, 5) is 12.2. The molecule has 1 aromatic carbocycles. The topological polar surface area (TPSA) is 76.4 Å². The fraction of sp³-hybridized carbons (Fsp3) is 0.412. The number of aliphatic hydroxyl groups excluding tert-OH is 1. The van der Waals surface area contributed by atoms with Crippen molar-refractivity contribution in [2.45, 2.75) is 37.5 Å². The fourth-order valence-electron chi connectivity index (χ4n) is 2.89. The first kappa shape index (κ1) is 15.6. The Kier molecular flexibility index (Phi) is 4.62. The number of nitrogens with zero attached hydrogens (tertiary/aromatic N) is 2. The molecule has 6 heteroatoms. The number of carbonyl (C=O) groups excluding carboxylic acids is 1. The lowest BCUT2D eigenvalue weighted by atomic mass is 9.89. The number of aryl methyl sites for hydroxylation is 1. The second-order valence-corrected chi connectivity index (χ2v) is 5.87. The minimum Gasteiger partial charge on any atom is -0.488 e. The summed E-state index contributed by atoms with van der Waals surface area (Å²) < 4.78 is 7.45. The Labute approximate surface area is 135 Å². The number of hydrogen-bond donors (Lipinski definition) is 2. The van der Waals surface area contributed by atoms with Gasteiger partial charge < -0.3 is 15.2 Å². The molecule has 0 radical (unpaired) electrons. The third-order valence-electron chi connectivity index (χ3n) is 4.11. The molecular formula is C17H21N3O3. The molecule has 0 unspecified atom stereocenters. The maximum atomic E-state index is 12.2. The van der Waals surface area contributed by atoms with Crippen LogP contribution in [-0.2, 0) is 7.05 Å². The number of nitrogens with one attached hydrogen (secondary N) is 1. The maximum Gasteiger partial charge on any atom is 0.254 e. The molecule has 0 spiro atoms. The van der Waals surface area contributed by atoms with Gasteiger partial charge in [0.1, 0.15) is 18.0 Å². The van der Waals surface area contributed by atoms with Crippen molar-refractivity contribution in [3.05, 3.63) is 48.3 Å². The van der Waals surface area contributed by atoms with E-state index in [0.717, 1.165) is 25.0 Å². The summed E-state index contributed by atoms with van der Waals surface area (Å²) in [5.74, 6) is 0.512. The van der Waals surface area contributed by atoms with Crippen molar-refractivity contribution in [3.8, 4) is 5.75 Å². The summed E-state index contributed by atoms with van der Waals surface area (Å²) in [6.07, 6.45) is 4.53. The van der Waals surface area contributed by atoms with Crippen LogP contribution in [0.15, 0.2) is 42.7 Å². The van der Waals surface area contributed by atoms with Crippen LogP contribution < -0.4 is 10.1 Å². The number of hydrogen-bond acceptors (Lipinski definition) is 4. The first-order valence-corrected chi connectivity index (χ1v) is 7.83. The number of carbonyl (C=O) groups is 1. The van der Waals surface area contributed by atoms with Gasteiger partial charge in [-0.25, -0.2) is 0 Å². The van der Waals surface area contributed by atoms with Crippen molar-refractivity contribution in [2.24, 2.45) is 7.05 Å². The Hall–Kier alpha value is -2.34. The van der Waals surface area contributed by atoms with Crippen molar-refractivity contribution in [1.29, 1.82) is 0 Å². The summed E-state index contributed by atoms with van der Waals surface area (Å²) in [6.45, 7) is 0. The monoisotopic (exact) mass is 315 g/mol. The summed E-state index contributed by atoms with van der Waals surface area (Å²) in [5, 5.41) is 17.4. The summed E-state index contributed by atoms with van der Waals surface area (Å²) in [6, 6.07) is 9.12. The lowest BCUT2D eigenvalue weighted by Crippen LogP contribution is -2.52. The van der Waals surface area contributed by atoms with Crippen LogP contribution in [0.1, 0.15) is 29.6 Å². The summed E-state index contributed by atoms with van der Waals surface area (Å²) >= 11 is 0. The van der Waals surface area contributed by atoms with Gasteiger partial charge in [0.2, 0.25) is 0 Å². The molecule has 3 atom stereocenters. The van der Waals surface area contributed by atoms with Crippen molar-refractivity contribution in [3.63, 3.8) is 0 Å². The first-order chi connectivity index (χ1) is 11.1. The van der Waals surface area contributed by atoms with Crippen LogP contribution in [0.25, 0.3) is 0 Å².